The molecular formula is C10H20N4O2. The predicted molar refractivity (Wildman–Crippen MR) is 60.7 cm³/mol. The van der Waals surface area contributed by atoms with E-state index in [1.165, 1.54) is 0 Å². The van der Waals surface area contributed by atoms with Crippen LogP contribution in [0.15, 0.2) is 0 Å². The van der Waals surface area contributed by atoms with Crippen molar-refractivity contribution in [1.82, 2.24) is 15.5 Å². The summed E-state index contributed by atoms with van der Waals surface area (Å²) in [5, 5.41) is 5.75. The molecule has 1 saturated heterocycles. The second-order valence-corrected chi connectivity index (χ2v) is 3.90. The van der Waals surface area contributed by atoms with Gasteiger partial charge < -0.3 is 16.4 Å². The minimum absolute atomic E-state index is 0.0769. The van der Waals surface area contributed by atoms with Crippen molar-refractivity contribution in [2.75, 3.05) is 26.7 Å². The minimum atomic E-state index is -0.363. The third-order valence-corrected chi connectivity index (χ3v) is 2.95. The Morgan fingerprint density at radius 3 is 2.81 bits per heavy atom. The number of carbonyl (C=O) groups is 2. The van der Waals surface area contributed by atoms with Gasteiger partial charge in [0.25, 0.3) is 0 Å². The molecule has 2 atom stereocenters. The van der Waals surface area contributed by atoms with Gasteiger partial charge in [-0.3, -0.25) is 14.5 Å². The van der Waals surface area contributed by atoms with Crippen LogP contribution >= 0.6 is 0 Å². The number of nitrogens with one attached hydrogen (secondary N) is 2. The first kappa shape index (κ1) is 12.9. The van der Waals surface area contributed by atoms with Crippen LogP contribution in [0, 0.1) is 0 Å². The molecule has 4 N–H and O–H groups in total. The van der Waals surface area contributed by atoms with Crippen molar-refractivity contribution in [2.45, 2.75) is 25.4 Å². The Morgan fingerprint density at radius 1 is 1.62 bits per heavy atom. The molecule has 0 radical (unpaired) electrons. The molecule has 2 unspecified atom stereocenters. The van der Waals surface area contributed by atoms with Gasteiger partial charge in [-0.2, -0.15) is 0 Å². The minimum Gasteiger partial charge on any atom is -0.368 e. The van der Waals surface area contributed by atoms with E-state index in [2.05, 4.69) is 10.6 Å². The van der Waals surface area contributed by atoms with Crippen LogP contribution in [0.5, 0.6) is 0 Å². The molecule has 1 fully saturated rings. The van der Waals surface area contributed by atoms with Crippen LogP contribution in [-0.2, 0) is 9.59 Å². The molecule has 0 spiro atoms. The molecular weight excluding hydrogens is 208 g/mol. The van der Waals surface area contributed by atoms with Crippen LogP contribution in [0.4, 0.5) is 0 Å². The Kier molecular flexibility index (Phi) is 4.70. The fourth-order valence-corrected chi connectivity index (χ4v) is 2.10. The van der Waals surface area contributed by atoms with Crippen molar-refractivity contribution in [1.29, 1.82) is 0 Å². The van der Waals surface area contributed by atoms with Crippen molar-refractivity contribution in [2.24, 2.45) is 5.73 Å². The van der Waals surface area contributed by atoms with E-state index in [1.54, 1.807) is 7.05 Å². The number of nitrogens with zero attached hydrogens (tertiary/aromatic N) is 1. The number of carbonyl (C=O) groups excluding carboxylic acids is 2. The van der Waals surface area contributed by atoms with E-state index in [0.717, 1.165) is 6.54 Å². The van der Waals surface area contributed by atoms with Crippen LogP contribution in [0.25, 0.3) is 0 Å². The molecule has 0 bridgehead atoms. The summed E-state index contributed by atoms with van der Waals surface area (Å²) in [5.41, 5.74) is 5.35. The van der Waals surface area contributed by atoms with Crippen LogP contribution in [0.3, 0.4) is 0 Å². The maximum absolute atomic E-state index is 11.7. The number of primary amides is 1. The van der Waals surface area contributed by atoms with Gasteiger partial charge in [-0.25, -0.2) is 0 Å². The van der Waals surface area contributed by atoms with Gasteiger partial charge in [0.05, 0.1) is 6.04 Å². The molecule has 1 aliphatic heterocycles. The number of hydrogen-bond donors (Lipinski definition) is 3. The lowest BCUT2D eigenvalue weighted by molar-refractivity contribution is -0.131. The zero-order valence-corrected chi connectivity index (χ0v) is 9.82. The molecule has 0 aromatic heterocycles. The number of nitrogens with two attached hydrogens (primary N) is 1. The van der Waals surface area contributed by atoms with E-state index in [9.17, 15) is 9.59 Å². The van der Waals surface area contributed by atoms with Crippen LogP contribution in [0.2, 0.25) is 0 Å². The maximum atomic E-state index is 11.7. The molecule has 1 aliphatic rings. The van der Waals surface area contributed by atoms with Gasteiger partial charge in [-0.15, -0.1) is 0 Å². The standard InChI is InChI=1S/C10H20N4O2/c1-3-7(9(11)15)14-5-4-13-6-8(14)10(16)12-2/h7-8,13H,3-6H2,1-2H3,(H2,11,15)(H,12,16). The molecule has 1 rings (SSSR count). The fraction of sp³-hybridized carbons (Fsp3) is 0.800. The smallest absolute Gasteiger partial charge is 0.238 e. The Balaban J connectivity index is 2.80. The molecule has 6 nitrogen and oxygen atoms in total. The molecule has 92 valence electrons. The van der Waals surface area contributed by atoms with Crippen molar-refractivity contribution in [3.05, 3.63) is 0 Å². The number of rotatable bonds is 4. The summed E-state index contributed by atoms with van der Waals surface area (Å²) in [7, 11) is 1.60. The molecule has 16 heavy (non-hydrogen) atoms. The average Bonchev–Trinajstić information content (AvgIpc) is 2.29. The largest absolute Gasteiger partial charge is 0.368 e. The molecule has 6 heteroatoms. The summed E-state index contributed by atoms with van der Waals surface area (Å²) in [4.78, 5) is 24.9. The summed E-state index contributed by atoms with van der Waals surface area (Å²) in [6.07, 6.45) is 0.628. The monoisotopic (exact) mass is 228 g/mol. The van der Waals surface area contributed by atoms with Gasteiger partial charge in [-0.1, -0.05) is 6.92 Å². The van der Waals surface area contributed by atoms with E-state index in [0.29, 0.717) is 19.5 Å². The van der Waals surface area contributed by atoms with Crippen LogP contribution < -0.4 is 16.4 Å². The van der Waals surface area contributed by atoms with Gasteiger partial charge >= 0.3 is 0 Å². The number of amides is 2. The molecule has 1 heterocycles. The third-order valence-electron chi connectivity index (χ3n) is 2.95. The molecule has 0 aromatic carbocycles. The second-order valence-electron chi connectivity index (χ2n) is 3.90. The van der Waals surface area contributed by atoms with Crippen molar-refractivity contribution < 1.29 is 9.59 Å². The zero-order chi connectivity index (χ0) is 12.1. The van der Waals surface area contributed by atoms with E-state index < -0.39 is 0 Å². The molecule has 0 aliphatic carbocycles. The SMILES string of the molecule is CCC(C(N)=O)N1CCNCC1C(=O)NC. The summed E-state index contributed by atoms with van der Waals surface area (Å²) in [6, 6.07) is -0.666. The van der Waals surface area contributed by atoms with Gasteiger partial charge in [-0.05, 0) is 6.42 Å². The van der Waals surface area contributed by atoms with Gasteiger partial charge in [0.15, 0.2) is 0 Å². The second kappa shape index (κ2) is 5.81. The first-order valence-electron chi connectivity index (χ1n) is 5.59. The van der Waals surface area contributed by atoms with Gasteiger partial charge in [0.2, 0.25) is 11.8 Å². The van der Waals surface area contributed by atoms with E-state index in [-0.39, 0.29) is 23.9 Å². The van der Waals surface area contributed by atoms with Crippen molar-refractivity contribution >= 4 is 11.8 Å². The number of piperazine rings is 1. The van der Waals surface area contributed by atoms with Gasteiger partial charge in [0, 0.05) is 26.7 Å². The highest BCUT2D eigenvalue weighted by Crippen LogP contribution is 2.11. The predicted octanol–water partition coefficient (Wildman–Crippen LogP) is -1.73. The van der Waals surface area contributed by atoms with Crippen LogP contribution in [-0.4, -0.2) is 55.5 Å². The highest BCUT2D eigenvalue weighted by molar-refractivity contribution is 5.84. The Hall–Kier alpha value is -1.14. The highest BCUT2D eigenvalue weighted by Gasteiger charge is 2.34. The summed E-state index contributed by atoms with van der Waals surface area (Å²) < 4.78 is 0. The highest BCUT2D eigenvalue weighted by atomic mass is 16.2. The lowest BCUT2D eigenvalue weighted by Crippen LogP contribution is -2.62. The quantitative estimate of drug-likeness (QED) is 0.533. The van der Waals surface area contributed by atoms with Crippen LogP contribution in [0.1, 0.15) is 13.3 Å². The maximum Gasteiger partial charge on any atom is 0.238 e. The lowest BCUT2D eigenvalue weighted by Gasteiger charge is -2.38. The Labute approximate surface area is 95.5 Å². The first-order valence-corrected chi connectivity index (χ1v) is 5.59. The van der Waals surface area contributed by atoms with Crippen molar-refractivity contribution in [3.63, 3.8) is 0 Å². The summed E-state index contributed by atoms with van der Waals surface area (Å²) in [5.74, 6) is -0.440. The first-order chi connectivity index (χ1) is 7.61. The van der Waals surface area contributed by atoms with E-state index in [4.69, 9.17) is 5.73 Å². The summed E-state index contributed by atoms with van der Waals surface area (Å²) in [6.45, 7) is 3.90. The summed E-state index contributed by atoms with van der Waals surface area (Å²) >= 11 is 0. The lowest BCUT2D eigenvalue weighted by atomic mass is 10.1. The molecule has 2 amide bonds. The molecule has 0 aromatic rings. The zero-order valence-electron chi connectivity index (χ0n) is 9.82. The Morgan fingerprint density at radius 2 is 2.31 bits per heavy atom. The van der Waals surface area contributed by atoms with Crippen molar-refractivity contribution in [3.8, 4) is 0 Å². The topological polar surface area (TPSA) is 87.5 Å². The molecule has 0 saturated carbocycles. The average molecular weight is 228 g/mol. The fourth-order valence-electron chi connectivity index (χ4n) is 2.10. The number of hydrogen-bond acceptors (Lipinski definition) is 4. The van der Waals surface area contributed by atoms with Gasteiger partial charge in [0.1, 0.15) is 6.04 Å². The normalized spacial score (nSPS) is 23.8. The third kappa shape index (κ3) is 2.70. The van der Waals surface area contributed by atoms with E-state index in [1.807, 2.05) is 11.8 Å². The Bertz CT molecular complexity index is 270. The van der Waals surface area contributed by atoms with E-state index >= 15 is 0 Å². The number of likely N-dealkylation sites (N-methyl/N-ethyl adjacent to an activating group) is 1.